The molecule has 1 atom stereocenters. The number of amides is 1. The molecule has 1 unspecified atom stereocenters. The van der Waals surface area contributed by atoms with E-state index < -0.39 is 17.5 Å². The van der Waals surface area contributed by atoms with Crippen molar-refractivity contribution in [2.45, 2.75) is 46.3 Å². The van der Waals surface area contributed by atoms with Crippen molar-refractivity contribution in [3.8, 4) is 11.3 Å². The highest BCUT2D eigenvalue weighted by molar-refractivity contribution is 6.29. The summed E-state index contributed by atoms with van der Waals surface area (Å²) in [6.07, 6.45) is 2.79. The summed E-state index contributed by atoms with van der Waals surface area (Å²) >= 11 is 5.85. The van der Waals surface area contributed by atoms with Gasteiger partial charge in [-0.05, 0) is 40.2 Å². The van der Waals surface area contributed by atoms with Crippen molar-refractivity contribution in [1.29, 1.82) is 0 Å². The highest BCUT2D eigenvalue weighted by Gasteiger charge is 2.28. The van der Waals surface area contributed by atoms with Crippen LogP contribution in [0.2, 0.25) is 5.15 Å². The maximum Gasteiger partial charge on any atom is 0.410 e. The molecular formula is C18H24ClFN4O2. The molecular weight excluding hydrogens is 359 g/mol. The molecule has 0 fully saturated rings. The van der Waals surface area contributed by atoms with E-state index in [0.717, 1.165) is 0 Å². The molecule has 6 nitrogen and oxygen atoms in total. The summed E-state index contributed by atoms with van der Waals surface area (Å²) in [7, 11) is 3.38. The maximum absolute atomic E-state index is 14.6. The number of aromatic nitrogens is 3. The molecule has 0 spiro atoms. The summed E-state index contributed by atoms with van der Waals surface area (Å²) in [6, 6.07) is -0.390. The Labute approximate surface area is 157 Å². The Morgan fingerprint density at radius 2 is 2.04 bits per heavy atom. The van der Waals surface area contributed by atoms with Gasteiger partial charge < -0.3 is 9.64 Å². The molecule has 0 radical (unpaired) electrons. The van der Waals surface area contributed by atoms with Gasteiger partial charge in [-0.2, -0.15) is 5.10 Å². The third kappa shape index (κ3) is 4.15. The average molecular weight is 383 g/mol. The minimum Gasteiger partial charge on any atom is -0.444 e. The number of nitrogens with zero attached hydrogens (tertiary/aromatic N) is 4. The number of aryl methyl sites for hydroxylation is 2. The molecule has 2 rings (SSSR count). The first-order valence-corrected chi connectivity index (χ1v) is 8.60. The number of rotatable bonds is 3. The number of ether oxygens (including phenoxy) is 1. The lowest BCUT2D eigenvalue weighted by Gasteiger charge is -2.28. The standard InChI is InChI=1S/C18H24ClFN4O2/c1-10-8-21-16(19)14(20)13(10)15-12(9-23(6)22-15)11(2)24(7)17(25)26-18(3,4)5/h8-9,11H,1-7H3. The largest absolute Gasteiger partial charge is 0.444 e. The fraction of sp³-hybridized carbons (Fsp3) is 0.500. The molecule has 0 aliphatic rings. The van der Waals surface area contributed by atoms with Gasteiger partial charge in [0.25, 0.3) is 0 Å². The quantitative estimate of drug-likeness (QED) is 0.733. The second-order valence-electron chi connectivity index (χ2n) is 7.29. The molecule has 0 N–H and O–H groups in total. The number of pyridine rings is 1. The van der Waals surface area contributed by atoms with Crippen molar-refractivity contribution < 1.29 is 13.9 Å². The molecule has 0 saturated carbocycles. The van der Waals surface area contributed by atoms with Crippen molar-refractivity contribution >= 4 is 17.7 Å². The molecule has 8 heteroatoms. The number of hydrogen-bond acceptors (Lipinski definition) is 4. The summed E-state index contributed by atoms with van der Waals surface area (Å²) in [5, 5.41) is 4.18. The SMILES string of the molecule is Cc1cnc(Cl)c(F)c1-c1nn(C)cc1C(C)N(C)C(=O)OC(C)(C)C. The molecule has 26 heavy (non-hydrogen) atoms. The van der Waals surface area contributed by atoms with Crippen LogP contribution in [0.15, 0.2) is 12.4 Å². The number of carbonyl (C=O) groups excluding carboxylic acids is 1. The smallest absolute Gasteiger partial charge is 0.410 e. The van der Waals surface area contributed by atoms with Crippen LogP contribution in [0.1, 0.15) is 44.9 Å². The fourth-order valence-corrected chi connectivity index (χ4v) is 2.69. The minimum atomic E-state index is -0.626. The molecule has 0 bridgehead atoms. The highest BCUT2D eigenvalue weighted by atomic mass is 35.5. The van der Waals surface area contributed by atoms with Crippen LogP contribution in [0.3, 0.4) is 0 Å². The molecule has 0 aliphatic carbocycles. The normalized spacial score (nSPS) is 12.8. The monoisotopic (exact) mass is 382 g/mol. The topological polar surface area (TPSA) is 60.2 Å². The van der Waals surface area contributed by atoms with E-state index in [1.807, 2.05) is 6.92 Å². The van der Waals surface area contributed by atoms with Crippen molar-refractivity contribution in [2.24, 2.45) is 7.05 Å². The van der Waals surface area contributed by atoms with Crippen molar-refractivity contribution in [1.82, 2.24) is 19.7 Å². The van der Waals surface area contributed by atoms with Gasteiger partial charge in [0.15, 0.2) is 11.0 Å². The molecule has 2 heterocycles. The lowest BCUT2D eigenvalue weighted by atomic mass is 10.0. The van der Waals surface area contributed by atoms with Gasteiger partial charge in [0.2, 0.25) is 0 Å². The number of hydrogen-bond donors (Lipinski definition) is 0. The second kappa shape index (κ2) is 7.23. The van der Waals surface area contributed by atoms with Crippen LogP contribution in [-0.4, -0.2) is 38.4 Å². The lowest BCUT2D eigenvalue weighted by molar-refractivity contribution is 0.0234. The van der Waals surface area contributed by atoms with E-state index in [2.05, 4.69) is 10.1 Å². The second-order valence-corrected chi connectivity index (χ2v) is 7.65. The maximum atomic E-state index is 14.6. The van der Waals surface area contributed by atoms with Crippen LogP contribution < -0.4 is 0 Å². The first kappa shape index (κ1) is 20.2. The Balaban J connectivity index is 2.47. The van der Waals surface area contributed by atoms with E-state index in [1.54, 1.807) is 52.7 Å². The third-order valence-corrected chi connectivity index (χ3v) is 4.24. The van der Waals surface area contributed by atoms with Gasteiger partial charge >= 0.3 is 6.09 Å². The predicted octanol–water partition coefficient (Wildman–Crippen LogP) is 4.51. The predicted molar refractivity (Wildman–Crippen MR) is 98.6 cm³/mol. The number of halogens is 2. The summed E-state index contributed by atoms with van der Waals surface area (Å²) in [5.41, 5.74) is 1.40. The van der Waals surface area contributed by atoms with E-state index in [9.17, 15) is 9.18 Å². The zero-order valence-electron chi connectivity index (χ0n) is 16.1. The average Bonchev–Trinajstić information content (AvgIpc) is 2.89. The summed E-state index contributed by atoms with van der Waals surface area (Å²) in [4.78, 5) is 17.7. The van der Waals surface area contributed by atoms with Gasteiger partial charge in [0.05, 0.1) is 6.04 Å². The number of carbonyl (C=O) groups is 1. The molecule has 0 aromatic carbocycles. The summed E-state index contributed by atoms with van der Waals surface area (Å²) in [5.74, 6) is -0.626. The molecule has 142 valence electrons. The molecule has 2 aromatic rings. The van der Waals surface area contributed by atoms with Crippen LogP contribution in [0, 0.1) is 12.7 Å². The molecule has 0 saturated heterocycles. The Bertz CT molecular complexity index is 829. The molecule has 0 aliphatic heterocycles. The van der Waals surface area contributed by atoms with Gasteiger partial charge in [-0.15, -0.1) is 0 Å². The van der Waals surface area contributed by atoms with Crippen LogP contribution in [-0.2, 0) is 11.8 Å². The minimum absolute atomic E-state index is 0.213. The fourth-order valence-electron chi connectivity index (χ4n) is 2.55. The Morgan fingerprint density at radius 1 is 1.42 bits per heavy atom. The summed E-state index contributed by atoms with van der Waals surface area (Å²) in [6.45, 7) is 8.98. The first-order chi connectivity index (χ1) is 11.9. The van der Waals surface area contributed by atoms with E-state index in [1.165, 1.54) is 11.1 Å². The zero-order valence-corrected chi connectivity index (χ0v) is 16.8. The zero-order chi connectivity index (χ0) is 19.8. The Hall–Kier alpha value is -2.15. The van der Waals surface area contributed by atoms with Crippen molar-refractivity contribution in [3.63, 3.8) is 0 Å². The molecule has 1 amide bonds. The third-order valence-electron chi connectivity index (χ3n) is 3.97. The first-order valence-electron chi connectivity index (χ1n) is 8.22. The van der Waals surface area contributed by atoms with Crippen LogP contribution >= 0.6 is 11.6 Å². The van der Waals surface area contributed by atoms with Crippen LogP contribution in [0.4, 0.5) is 9.18 Å². The highest BCUT2D eigenvalue weighted by Crippen LogP contribution is 2.35. The van der Waals surface area contributed by atoms with Crippen LogP contribution in [0.25, 0.3) is 11.3 Å². The van der Waals surface area contributed by atoms with E-state index in [0.29, 0.717) is 16.8 Å². The van der Waals surface area contributed by atoms with Gasteiger partial charge in [0.1, 0.15) is 11.3 Å². The summed E-state index contributed by atoms with van der Waals surface area (Å²) < 4.78 is 21.6. The molecule has 2 aromatic heterocycles. The van der Waals surface area contributed by atoms with E-state index in [-0.39, 0.29) is 16.8 Å². The van der Waals surface area contributed by atoms with Crippen molar-refractivity contribution in [3.05, 3.63) is 34.5 Å². The van der Waals surface area contributed by atoms with Gasteiger partial charge in [-0.25, -0.2) is 14.2 Å². The lowest BCUT2D eigenvalue weighted by Crippen LogP contribution is -2.35. The van der Waals surface area contributed by atoms with Crippen LogP contribution in [0.5, 0.6) is 0 Å². The van der Waals surface area contributed by atoms with E-state index in [4.69, 9.17) is 16.3 Å². The Kier molecular flexibility index (Phi) is 5.61. The van der Waals surface area contributed by atoms with Gasteiger partial charge in [-0.1, -0.05) is 11.6 Å². The van der Waals surface area contributed by atoms with Gasteiger partial charge in [-0.3, -0.25) is 4.68 Å². The van der Waals surface area contributed by atoms with E-state index >= 15 is 0 Å². The van der Waals surface area contributed by atoms with Crippen molar-refractivity contribution in [2.75, 3.05) is 7.05 Å². The Morgan fingerprint density at radius 3 is 2.62 bits per heavy atom. The van der Waals surface area contributed by atoms with Gasteiger partial charge in [0, 0.05) is 37.6 Å².